The second-order valence-corrected chi connectivity index (χ2v) is 2.99. The van der Waals surface area contributed by atoms with E-state index in [1.807, 2.05) is 0 Å². The molecule has 0 unspecified atom stereocenters. The SMILES string of the molecule is Cc1cc(Cl)c(C#N)c(C(F)(F)F)n1. The number of nitrogens with zero attached hydrogens (tertiary/aromatic N) is 2. The summed E-state index contributed by atoms with van der Waals surface area (Å²) in [5.74, 6) is 0. The molecule has 0 aliphatic carbocycles. The van der Waals surface area contributed by atoms with Gasteiger partial charge < -0.3 is 0 Å². The Labute approximate surface area is 82.9 Å². The summed E-state index contributed by atoms with van der Waals surface area (Å²) in [4.78, 5) is 3.24. The Balaban J connectivity index is 3.50. The summed E-state index contributed by atoms with van der Waals surface area (Å²) in [5, 5.41) is 8.25. The average Bonchev–Trinajstić information content (AvgIpc) is 2.01. The number of hydrogen-bond acceptors (Lipinski definition) is 2. The van der Waals surface area contributed by atoms with Crippen molar-refractivity contribution in [3.8, 4) is 6.07 Å². The van der Waals surface area contributed by atoms with Crippen LogP contribution in [0.25, 0.3) is 0 Å². The first kappa shape index (κ1) is 10.8. The molecule has 0 radical (unpaired) electrons. The molecule has 1 aromatic heterocycles. The van der Waals surface area contributed by atoms with Gasteiger partial charge in [-0.2, -0.15) is 18.4 Å². The number of nitriles is 1. The van der Waals surface area contributed by atoms with Crippen molar-refractivity contribution in [1.82, 2.24) is 4.98 Å². The molecular weight excluding hydrogens is 217 g/mol. The van der Waals surface area contributed by atoms with Crippen LogP contribution in [0.3, 0.4) is 0 Å². The van der Waals surface area contributed by atoms with Crippen LogP contribution in [0, 0.1) is 18.3 Å². The normalized spacial score (nSPS) is 11.1. The van der Waals surface area contributed by atoms with Crippen LogP contribution in [0.15, 0.2) is 6.07 Å². The highest BCUT2D eigenvalue weighted by atomic mass is 35.5. The lowest BCUT2D eigenvalue weighted by Crippen LogP contribution is -2.12. The smallest absolute Gasteiger partial charge is 0.247 e. The number of aryl methyl sites for hydroxylation is 1. The van der Waals surface area contributed by atoms with E-state index in [0.29, 0.717) is 0 Å². The number of aromatic nitrogens is 1. The molecule has 0 atom stereocenters. The molecule has 0 bridgehead atoms. The van der Waals surface area contributed by atoms with E-state index in [1.165, 1.54) is 19.1 Å². The molecule has 6 heteroatoms. The molecule has 0 N–H and O–H groups in total. The number of pyridine rings is 1. The van der Waals surface area contributed by atoms with Crippen molar-refractivity contribution in [2.45, 2.75) is 13.1 Å². The summed E-state index contributed by atoms with van der Waals surface area (Å²) in [7, 11) is 0. The van der Waals surface area contributed by atoms with Gasteiger partial charge in [-0.3, -0.25) is 0 Å². The van der Waals surface area contributed by atoms with E-state index in [2.05, 4.69) is 4.98 Å². The first-order valence-corrected chi connectivity index (χ1v) is 3.88. The lowest BCUT2D eigenvalue weighted by atomic mass is 10.2. The van der Waals surface area contributed by atoms with Gasteiger partial charge in [0.05, 0.1) is 5.02 Å². The van der Waals surface area contributed by atoms with E-state index < -0.39 is 17.4 Å². The molecular formula is C8H4ClF3N2. The van der Waals surface area contributed by atoms with E-state index in [1.54, 1.807) is 0 Å². The number of rotatable bonds is 0. The molecule has 0 fully saturated rings. The second-order valence-electron chi connectivity index (χ2n) is 2.58. The van der Waals surface area contributed by atoms with Crippen LogP contribution in [-0.4, -0.2) is 4.98 Å². The van der Waals surface area contributed by atoms with Crippen LogP contribution in [0.2, 0.25) is 5.02 Å². The van der Waals surface area contributed by atoms with Gasteiger partial charge in [0.1, 0.15) is 11.6 Å². The molecule has 1 heterocycles. The maximum atomic E-state index is 12.3. The van der Waals surface area contributed by atoms with Crippen molar-refractivity contribution in [2.75, 3.05) is 0 Å². The van der Waals surface area contributed by atoms with Crippen molar-refractivity contribution in [1.29, 1.82) is 5.26 Å². The van der Waals surface area contributed by atoms with Crippen LogP contribution in [0.1, 0.15) is 17.0 Å². The van der Waals surface area contributed by atoms with Crippen LogP contribution in [0.4, 0.5) is 13.2 Å². The lowest BCUT2D eigenvalue weighted by molar-refractivity contribution is -0.141. The highest BCUT2D eigenvalue weighted by Gasteiger charge is 2.36. The van der Waals surface area contributed by atoms with Crippen molar-refractivity contribution in [2.24, 2.45) is 0 Å². The largest absolute Gasteiger partial charge is 0.434 e. The zero-order valence-corrected chi connectivity index (χ0v) is 7.74. The van der Waals surface area contributed by atoms with Gasteiger partial charge in [-0.05, 0) is 13.0 Å². The standard InChI is InChI=1S/C8H4ClF3N2/c1-4-2-6(9)5(3-13)7(14-4)8(10,11)12/h2H,1H3. The first-order valence-electron chi connectivity index (χ1n) is 3.50. The summed E-state index contributed by atoms with van der Waals surface area (Å²) in [6, 6.07) is 2.60. The van der Waals surface area contributed by atoms with Gasteiger partial charge in [-0.25, -0.2) is 4.98 Å². The fourth-order valence-corrected chi connectivity index (χ4v) is 1.23. The minimum atomic E-state index is -4.65. The van der Waals surface area contributed by atoms with Crippen LogP contribution in [0.5, 0.6) is 0 Å². The zero-order valence-electron chi connectivity index (χ0n) is 6.98. The Morgan fingerprint density at radius 1 is 1.50 bits per heavy atom. The fraction of sp³-hybridized carbons (Fsp3) is 0.250. The number of halogens is 4. The predicted octanol–water partition coefficient (Wildman–Crippen LogP) is 2.93. The van der Waals surface area contributed by atoms with Gasteiger partial charge in [-0.15, -0.1) is 0 Å². The van der Waals surface area contributed by atoms with E-state index >= 15 is 0 Å². The van der Waals surface area contributed by atoms with E-state index in [-0.39, 0.29) is 10.7 Å². The van der Waals surface area contributed by atoms with E-state index in [4.69, 9.17) is 16.9 Å². The zero-order chi connectivity index (χ0) is 10.9. The Morgan fingerprint density at radius 3 is 2.50 bits per heavy atom. The maximum absolute atomic E-state index is 12.3. The van der Waals surface area contributed by atoms with Crippen molar-refractivity contribution in [3.63, 3.8) is 0 Å². The number of alkyl halides is 3. The quantitative estimate of drug-likeness (QED) is 0.674. The minimum Gasteiger partial charge on any atom is -0.247 e. The van der Waals surface area contributed by atoms with Crippen LogP contribution >= 0.6 is 11.6 Å². The Hall–Kier alpha value is -1.28. The minimum absolute atomic E-state index is 0.126. The molecule has 14 heavy (non-hydrogen) atoms. The van der Waals surface area contributed by atoms with Crippen molar-refractivity contribution >= 4 is 11.6 Å². The topological polar surface area (TPSA) is 36.7 Å². The first-order chi connectivity index (χ1) is 6.36. The summed E-state index contributed by atoms with van der Waals surface area (Å²) in [6.45, 7) is 1.38. The van der Waals surface area contributed by atoms with E-state index in [0.717, 1.165) is 0 Å². The summed E-state index contributed by atoms with van der Waals surface area (Å²) in [6.07, 6.45) is -4.65. The molecule has 0 spiro atoms. The molecule has 0 saturated heterocycles. The average molecular weight is 221 g/mol. The second kappa shape index (κ2) is 3.46. The van der Waals surface area contributed by atoms with Gasteiger partial charge >= 0.3 is 6.18 Å². The summed E-state index contributed by atoms with van der Waals surface area (Å²) in [5.41, 5.74) is -1.74. The van der Waals surface area contributed by atoms with Gasteiger partial charge in [0, 0.05) is 5.69 Å². The Bertz CT molecular complexity index is 406. The van der Waals surface area contributed by atoms with Crippen molar-refractivity contribution < 1.29 is 13.2 Å². The van der Waals surface area contributed by atoms with Gasteiger partial charge in [0.2, 0.25) is 0 Å². The van der Waals surface area contributed by atoms with Gasteiger partial charge in [0.25, 0.3) is 0 Å². The monoisotopic (exact) mass is 220 g/mol. The van der Waals surface area contributed by atoms with Crippen LogP contribution in [-0.2, 0) is 6.18 Å². The summed E-state index contributed by atoms with van der Waals surface area (Å²) >= 11 is 5.48. The predicted molar refractivity (Wildman–Crippen MR) is 43.7 cm³/mol. The fourth-order valence-electron chi connectivity index (χ4n) is 0.945. The number of hydrogen-bond donors (Lipinski definition) is 0. The molecule has 0 aliphatic heterocycles. The van der Waals surface area contributed by atoms with Crippen molar-refractivity contribution in [3.05, 3.63) is 28.0 Å². The molecule has 0 aliphatic rings. The molecule has 1 aromatic rings. The van der Waals surface area contributed by atoms with Crippen LogP contribution < -0.4 is 0 Å². The molecule has 74 valence electrons. The molecule has 0 saturated carbocycles. The molecule has 1 rings (SSSR count). The molecule has 0 aromatic carbocycles. The third-order valence-electron chi connectivity index (χ3n) is 1.48. The summed E-state index contributed by atoms with van der Waals surface area (Å²) < 4.78 is 37.0. The molecule has 2 nitrogen and oxygen atoms in total. The maximum Gasteiger partial charge on any atom is 0.434 e. The third kappa shape index (κ3) is 1.96. The van der Waals surface area contributed by atoms with Gasteiger partial charge in [0.15, 0.2) is 5.69 Å². The Kier molecular flexibility index (Phi) is 2.67. The Morgan fingerprint density at radius 2 is 2.07 bits per heavy atom. The molecule has 0 amide bonds. The van der Waals surface area contributed by atoms with Gasteiger partial charge in [-0.1, -0.05) is 11.6 Å². The third-order valence-corrected chi connectivity index (χ3v) is 1.78. The lowest BCUT2D eigenvalue weighted by Gasteiger charge is -2.09. The highest BCUT2D eigenvalue weighted by molar-refractivity contribution is 6.31. The van der Waals surface area contributed by atoms with E-state index in [9.17, 15) is 13.2 Å². The highest BCUT2D eigenvalue weighted by Crippen LogP contribution is 2.33.